The van der Waals surface area contributed by atoms with Crippen molar-refractivity contribution in [3.05, 3.63) is 70.4 Å². The number of pyridine rings is 2. The molecule has 0 atom stereocenters. The summed E-state index contributed by atoms with van der Waals surface area (Å²) in [4.78, 5) is 28.9. The van der Waals surface area contributed by atoms with Gasteiger partial charge < -0.3 is 15.0 Å². The molecule has 0 aliphatic carbocycles. The molecular formula is C20H19F3N4O5S. The molecule has 0 aliphatic heterocycles. The number of aromatic nitrogens is 2. The second-order valence-electron chi connectivity index (χ2n) is 6.97. The summed E-state index contributed by atoms with van der Waals surface area (Å²) in [5.41, 5.74) is -5.32. The van der Waals surface area contributed by atoms with Crippen molar-refractivity contribution in [3.8, 4) is 5.75 Å². The molecule has 2 heterocycles. The van der Waals surface area contributed by atoms with Gasteiger partial charge >= 0.3 is 15.5 Å². The van der Waals surface area contributed by atoms with Gasteiger partial charge in [-0.1, -0.05) is 30.3 Å². The van der Waals surface area contributed by atoms with Gasteiger partial charge in [0, 0.05) is 30.9 Å². The molecule has 1 amide bonds. The van der Waals surface area contributed by atoms with E-state index in [1.807, 2.05) is 30.3 Å². The Morgan fingerprint density at radius 3 is 2.45 bits per heavy atom. The van der Waals surface area contributed by atoms with E-state index in [4.69, 9.17) is 0 Å². The molecule has 176 valence electrons. The second-order valence-corrected chi connectivity index (χ2v) is 8.73. The topological polar surface area (TPSA) is 130 Å². The maximum absolute atomic E-state index is 12.7. The monoisotopic (exact) mass is 484 g/mol. The largest absolute Gasteiger partial charge is 0.511 e. The fourth-order valence-corrected chi connectivity index (χ4v) is 3.55. The number of carbonyl (C=O) groups is 1. The Hall–Kier alpha value is -3.45. The first kappa shape index (κ1) is 24.2. The molecule has 9 nitrogen and oxygen atoms in total. The molecule has 2 aromatic heterocycles. The number of aromatic hydroxyl groups is 1. The van der Waals surface area contributed by atoms with Crippen LogP contribution in [0.5, 0.6) is 5.75 Å². The number of nitrogens with zero attached hydrogens (tertiary/aromatic N) is 2. The summed E-state index contributed by atoms with van der Waals surface area (Å²) < 4.78 is 61.3. The van der Waals surface area contributed by atoms with Crippen molar-refractivity contribution in [2.45, 2.75) is 18.5 Å². The van der Waals surface area contributed by atoms with E-state index in [0.717, 1.165) is 11.8 Å². The maximum atomic E-state index is 12.7. The SMILES string of the molecule is O=C(NCCCNS(=O)(=O)C(F)(F)F)c1ncc2c(=O)n(Cc3ccccc3)ccc2c1O. The minimum Gasteiger partial charge on any atom is -0.505 e. The normalized spacial score (nSPS) is 12.1. The van der Waals surface area contributed by atoms with Gasteiger partial charge in [-0.25, -0.2) is 18.1 Å². The molecule has 3 aromatic rings. The minimum absolute atomic E-state index is 0.101. The second kappa shape index (κ2) is 9.58. The van der Waals surface area contributed by atoms with Crippen LogP contribution in [0, 0.1) is 0 Å². The Labute approximate surface area is 185 Å². The van der Waals surface area contributed by atoms with Crippen LogP contribution in [-0.2, 0) is 16.6 Å². The molecule has 3 N–H and O–H groups in total. The molecule has 0 aliphatic rings. The summed E-state index contributed by atoms with van der Waals surface area (Å²) >= 11 is 0. The first-order valence-electron chi connectivity index (χ1n) is 9.60. The molecular weight excluding hydrogens is 465 g/mol. The first-order valence-corrected chi connectivity index (χ1v) is 11.1. The van der Waals surface area contributed by atoms with Crippen molar-refractivity contribution in [3.63, 3.8) is 0 Å². The summed E-state index contributed by atoms with van der Waals surface area (Å²) in [6, 6.07) is 10.7. The predicted molar refractivity (Wildman–Crippen MR) is 113 cm³/mol. The number of sulfonamides is 1. The average molecular weight is 484 g/mol. The summed E-state index contributed by atoms with van der Waals surface area (Å²) in [5, 5.41) is 13.0. The number of halogens is 3. The molecule has 33 heavy (non-hydrogen) atoms. The zero-order chi connectivity index (χ0) is 24.2. The van der Waals surface area contributed by atoms with E-state index in [9.17, 15) is 36.3 Å². The Morgan fingerprint density at radius 2 is 1.79 bits per heavy atom. The van der Waals surface area contributed by atoms with E-state index in [1.165, 1.54) is 21.6 Å². The Bertz CT molecular complexity index is 1330. The number of rotatable bonds is 8. The lowest BCUT2D eigenvalue weighted by Gasteiger charge is -2.11. The summed E-state index contributed by atoms with van der Waals surface area (Å²) in [6.07, 6.45) is 2.50. The number of fused-ring (bicyclic) bond motifs is 1. The summed E-state index contributed by atoms with van der Waals surface area (Å²) in [7, 11) is -5.46. The van der Waals surface area contributed by atoms with Crippen molar-refractivity contribution >= 4 is 26.7 Å². The summed E-state index contributed by atoms with van der Waals surface area (Å²) in [6.45, 7) is -0.437. The minimum atomic E-state index is -5.46. The van der Waals surface area contributed by atoms with Gasteiger partial charge in [-0.05, 0) is 18.1 Å². The number of carbonyl (C=O) groups excluding carboxylic acids is 1. The highest BCUT2D eigenvalue weighted by molar-refractivity contribution is 7.90. The van der Waals surface area contributed by atoms with Crippen molar-refractivity contribution in [1.29, 1.82) is 0 Å². The molecule has 0 spiro atoms. The number of nitrogens with one attached hydrogen (secondary N) is 2. The van der Waals surface area contributed by atoms with Gasteiger partial charge in [0.25, 0.3) is 11.5 Å². The quantitative estimate of drug-likeness (QED) is 0.418. The van der Waals surface area contributed by atoms with Gasteiger partial charge in [0.15, 0.2) is 11.4 Å². The summed E-state index contributed by atoms with van der Waals surface area (Å²) in [5.74, 6) is -1.35. The van der Waals surface area contributed by atoms with Gasteiger partial charge in [0.2, 0.25) is 0 Å². The van der Waals surface area contributed by atoms with Crippen LogP contribution in [0.25, 0.3) is 10.8 Å². The number of hydrogen-bond donors (Lipinski definition) is 3. The van der Waals surface area contributed by atoms with Gasteiger partial charge in [-0.3, -0.25) is 9.59 Å². The van der Waals surface area contributed by atoms with Crippen LogP contribution in [0.3, 0.4) is 0 Å². The van der Waals surface area contributed by atoms with Crippen LogP contribution in [-0.4, -0.2) is 47.6 Å². The van der Waals surface area contributed by atoms with Crippen LogP contribution in [0.15, 0.2) is 53.6 Å². The first-order chi connectivity index (χ1) is 15.5. The highest BCUT2D eigenvalue weighted by atomic mass is 32.2. The Morgan fingerprint density at radius 1 is 1.09 bits per heavy atom. The molecule has 0 saturated carbocycles. The lowest BCUT2D eigenvalue weighted by atomic mass is 10.1. The van der Waals surface area contributed by atoms with Crippen molar-refractivity contribution in [1.82, 2.24) is 19.6 Å². The lowest BCUT2D eigenvalue weighted by molar-refractivity contribution is -0.0447. The number of amides is 1. The zero-order valence-electron chi connectivity index (χ0n) is 17.0. The van der Waals surface area contributed by atoms with Crippen LogP contribution in [0.1, 0.15) is 22.5 Å². The maximum Gasteiger partial charge on any atom is 0.511 e. The standard InChI is InChI=1S/C20H19F3N4O5S/c21-20(22,23)33(31,32)26-9-4-8-24-18(29)16-17(28)14-7-10-27(19(30)15(14)11-25-16)12-13-5-2-1-3-6-13/h1-3,5-7,10-11,26,28H,4,8-9,12H2,(H,24,29). The molecule has 13 heteroatoms. The van der Waals surface area contributed by atoms with Crippen molar-refractivity contribution < 1.29 is 31.5 Å². The molecule has 1 aromatic carbocycles. The van der Waals surface area contributed by atoms with Gasteiger partial charge in [-0.2, -0.15) is 13.2 Å². The number of alkyl halides is 3. The smallest absolute Gasteiger partial charge is 0.505 e. The van der Waals surface area contributed by atoms with E-state index in [0.29, 0.717) is 6.54 Å². The highest BCUT2D eigenvalue weighted by Gasteiger charge is 2.45. The van der Waals surface area contributed by atoms with Crippen molar-refractivity contribution in [2.24, 2.45) is 0 Å². The van der Waals surface area contributed by atoms with Crippen LogP contribution in [0.4, 0.5) is 13.2 Å². The van der Waals surface area contributed by atoms with Gasteiger partial charge in [-0.15, -0.1) is 0 Å². The molecule has 0 fully saturated rings. The van der Waals surface area contributed by atoms with E-state index < -0.39 is 39.3 Å². The fourth-order valence-electron chi connectivity index (χ4n) is 2.97. The van der Waals surface area contributed by atoms with Crippen LogP contribution in [0.2, 0.25) is 0 Å². The predicted octanol–water partition coefficient (Wildman–Crippen LogP) is 1.71. The van der Waals surface area contributed by atoms with Crippen molar-refractivity contribution in [2.75, 3.05) is 13.1 Å². The Kier molecular flexibility index (Phi) is 7.03. The van der Waals surface area contributed by atoms with Crippen LogP contribution >= 0.6 is 0 Å². The molecule has 3 rings (SSSR count). The van der Waals surface area contributed by atoms with Gasteiger partial charge in [0.1, 0.15) is 0 Å². The highest BCUT2D eigenvalue weighted by Crippen LogP contribution is 2.25. The average Bonchev–Trinajstić information content (AvgIpc) is 2.75. The zero-order valence-corrected chi connectivity index (χ0v) is 17.8. The third-order valence-corrected chi connectivity index (χ3v) is 5.85. The van der Waals surface area contributed by atoms with E-state index in [1.54, 1.807) is 0 Å². The van der Waals surface area contributed by atoms with E-state index >= 15 is 0 Å². The molecule has 0 bridgehead atoms. The molecule has 0 radical (unpaired) electrons. The number of hydrogen-bond acceptors (Lipinski definition) is 6. The fraction of sp³-hybridized carbons (Fsp3) is 0.250. The number of benzene rings is 1. The molecule has 0 saturated heterocycles. The Balaban J connectivity index is 1.67. The van der Waals surface area contributed by atoms with E-state index in [2.05, 4.69) is 10.3 Å². The van der Waals surface area contributed by atoms with Gasteiger partial charge in [0.05, 0.1) is 11.9 Å². The molecule has 0 unspecified atom stereocenters. The van der Waals surface area contributed by atoms with Crippen LogP contribution < -0.4 is 15.6 Å². The third kappa shape index (κ3) is 5.49. The third-order valence-electron chi connectivity index (χ3n) is 4.65. The van der Waals surface area contributed by atoms with E-state index in [-0.39, 0.29) is 29.4 Å². The lowest BCUT2D eigenvalue weighted by Crippen LogP contribution is -2.38.